The molecule has 0 radical (unpaired) electrons. The Hall–Kier alpha value is -2.41. The van der Waals surface area contributed by atoms with Crippen LogP contribution in [0.25, 0.3) is 0 Å². The minimum atomic E-state index is -0.598. The molecule has 25 heavy (non-hydrogen) atoms. The molecule has 3 rings (SSSR count). The molecule has 4 amide bonds. The first-order chi connectivity index (χ1) is 12.1. The van der Waals surface area contributed by atoms with Crippen LogP contribution in [0, 0.1) is 0 Å². The molecule has 1 aromatic rings. The van der Waals surface area contributed by atoms with Gasteiger partial charge in [-0.1, -0.05) is 30.3 Å². The molecule has 2 saturated heterocycles. The second-order valence-corrected chi connectivity index (χ2v) is 6.68. The van der Waals surface area contributed by atoms with Crippen molar-refractivity contribution >= 4 is 17.8 Å². The summed E-state index contributed by atoms with van der Waals surface area (Å²) in [6, 6.07) is 9.37. The zero-order valence-electron chi connectivity index (χ0n) is 14.2. The number of likely N-dealkylation sites (tertiary alicyclic amines) is 1. The van der Waals surface area contributed by atoms with E-state index in [4.69, 9.17) is 0 Å². The lowest BCUT2D eigenvalue weighted by molar-refractivity contribution is -0.123. The maximum absolute atomic E-state index is 12.1. The van der Waals surface area contributed by atoms with Crippen LogP contribution in [-0.2, 0) is 16.1 Å². The van der Waals surface area contributed by atoms with Gasteiger partial charge in [-0.2, -0.15) is 0 Å². The number of urea groups is 1. The van der Waals surface area contributed by atoms with Crippen LogP contribution in [0.5, 0.6) is 0 Å². The van der Waals surface area contributed by atoms with Gasteiger partial charge in [0.25, 0.3) is 5.91 Å². The minimum absolute atomic E-state index is 0.0690. The van der Waals surface area contributed by atoms with E-state index in [9.17, 15) is 14.4 Å². The van der Waals surface area contributed by atoms with Crippen LogP contribution in [0.4, 0.5) is 4.79 Å². The molecule has 0 aromatic heterocycles. The van der Waals surface area contributed by atoms with Gasteiger partial charge in [-0.15, -0.1) is 0 Å². The van der Waals surface area contributed by atoms with E-state index in [2.05, 4.69) is 33.0 Å². The molecule has 2 atom stereocenters. The highest BCUT2D eigenvalue weighted by atomic mass is 16.2. The predicted molar refractivity (Wildman–Crippen MR) is 92.6 cm³/mol. The Morgan fingerprint density at radius 3 is 2.76 bits per heavy atom. The fraction of sp³-hybridized carbons (Fsp3) is 0.500. The molecule has 0 spiro atoms. The van der Waals surface area contributed by atoms with Gasteiger partial charge in [0.1, 0.15) is 6.04 Å². The maximum Gasteiger partial charge on any atom is 0.322 e. The number of benzene rings is 1. The number of nitrogens with one attached hydrogen (secondary N) is 3. The van der Waals surface area contributed by atoms with E-state index in [1.165, 1.54) is 5.56 Å². The molecule has 134 valence electrons. The molecular formula is C18H24N4O3. The molecule has 0 saturated carbocycles. The largest absolute Gasteiger partial charge is 0.352 e. The van der Waals surface area contributed by atoms with Crippen LogP contribution in [0.1, 0.15) is 31.2 Å². The number of imide groups is 1. The quantitative estimate of drug-likeness (QED) is 0.665. The summed E-state index contributed by atoms with van der Waals surface area (Å²) in [7, 11) is 0. The third kappa shape index (κ3) is 5.03. The van der Waals surface area contributed by atoms with E-state index < -0.39 is 12.1 Å². The highest BCUT2D eigenvalue weighted by molar-refractivity contribution is 6.04. The number of rotatable bonds is 6. The van der Waals surface area contributed by atoms with Gasteiger partial charge >= 0.3 is 6.03 Å². The van der Waals surface area contributed by atoms with Gasteiger partial charge in [0, 0.05) is 25.6 Å². The summed E-state index contributed by atoms with van der Waals surface area (Å²) < 4.78 is 0. The molecule has 0 unspecified atom stereocenters. The summed E-state index contributed by atoms with van der Waals surface area (Å²) in [5.41, 5.74) is 1.28. The fourth-order valence-corrected chi connectivity index (χ4v) is 3.40. The summed E-state index contributed by atoms with van der Waals surface area (Å²) in [5, 5.41) is 7.74. The standard InChI is InChI=1S/C18H24N4O3/c23-16(9-8-15-17(24)21-18(25)20-15)19-14-7-4-10-22(12-14)11-13-5-2-1-3-6-13/h1-3,5-6,14-15H,4,7-12H2,(H,19,23)(H2,20,21,24,25)/t14-,15-/m0/s1. The van der Waals surface area contributed by atoms with Crippen LogP contribution >= 0.6 is 0 Å². The van der Waals surface area contributed by atoms with Gasteiger partial charge in [-0.25, -0.2) is 4.79 Å². The normalized spacial score (nSPS) is 23.8. The Bertz CT molecular complexity index is 634. The molecule has 2 aliphatic rings. The highest BCUT2D eigenvalue weighted by Crippen LogP contribution is 2.14. The average molecular weight is 344 g/mol. The molecule has 2 fully saturated rings. The number of piperidine rings is 1. The lowest BCUT2D eigenvalue weighted by Crippen LogP contribution is -2.47. The van der Waals surface area contributed by atoms with Crippen LogP contribution in [0.3, 0.4) is 0 Å². The first-order valence-electron chi connectivity index (χ1n) is 8.77. The Kier molecular flexibility index (Phi) is 5.65. The Morgan fingerprint density at radius 2 is 2.04 bits per heavy atom. The van der Waals surface area contributed by atoms with Crippen molar-refractivity contribution in [3.05, 3.63) is 35.9 Å². The van der Waals surface area contributed by atoms with Gasteiger partial charge in [-0.3, -0.25) is 19.8 Å². The second-order valence-electron chi connectivity index (χ2n) is 6.68. The van der Waals surface area contributed by atoms with Crippen LogP contribution in [0.15, 0.2) is 30.3 Å². The molecule has 0 bridgehead atoms. The molecule has 3 N–H and O–H groups in total. The first-order valence-corrected chi connectivity index (χ1v) is 8.77. The van der Waals surface area contributed by atoms with Crippen LogP contribution in [0.2, 0.25) is 0 Å². The van der Waals surface area contributed by atoms with Crippen molar-refractivity contribution in [2.75, 3.05) is 13.1 Å². The third-order valence-electron chi connectivity index (χ3n) is 4.64. The van der Waals surface area contributed by atoms with Crippen LogP contribution in [-0.4, -0.2) is 47.9 Å². The Morgan fingerprint density at radius 1 is 1.24 bits per heavy atom. The summed E-state index contributed by atoms with van der Waals surface area (Å²) in [4.78, 5) is 37.0. The predicted octanol–water partition coefficient (Wildman–Crippen LogP) is 0.755. The van der Waals surface area contributed by atoms with Gasteiger partial charge < -0.3 is 10.6 Å². The second kappa shape index (κ2) is 8.11. The van der Waals surface area contributed by atoms with E-state index in [1.807, 2.05) is 18.2 Å². The van der Waals surface area contributed by atoms with E-state index in [-0.39, 0.29) is 24.3 Å². The third-order valence-corrected chi connectivity index (χ3v) is 4.64. The van der Waals surface area contributed by atoms with Crippen molar-refractivity contribution in [1.82, 2.24) is 20.9 Å². The number of hydrogen-bond donors (Lipinski definition) is 3. The van der Waals surface area contributed by atoms with Crippen molar-refractivity contribution in [3.8, 4) is 0 Å². The summed E-state index contributed by atoms with van der Waals surface area (Å²) in [6.45, 7) is 2.76. The average Bonchev–Trinajstić information content (AvgIpc) is 2.92. The van der Waals surface area contributed by atoms with Crippen molar-refractivity contribution in [2.45, 2.75) is 44.3 Å². The Labute approximate surface area is 147 Å². The van der Waals surface area contributed by atoms with Crippen molar-refractivity contribution < 1.29 is 14.4 Å². The van der Waals surface area contributed by atoms with E-state index in [1.54, 1.807) is 0 Å². The summed E-state index contributed by atoms with van der Waals surface area (Å²) >= 11 is 0. The smallest absolute Gasteiger partial charge is 0.322 e. The molecule has 2 aliphatic heterocycles. The zero-order valence-corrected chi connectivity index (χ0v) is 14.2. The molecule has 2 heterocycles. The zero-order chi connectivity index (χ0) is 17.6. The Balaban J connectivity index is 1.42. The maximum atomic E-state index is 12.1. The molecule has 1 aromatic carbocycles. The van der Waals surface area contributed by atoms with Gasteiger partial charge in [0.2, 0.25) is 5.91 Å². The van der Waals surface area contributed by atoms with Gasteiger partial charge in [0.15, 0.2) is 0 Å². The van der Waals surface area contributed by atoms with Gasteiger partial charge in [-0.05, 0) is 31.4 Å². The lowest BCUT2D eigenvalue weighted by atomic mass is 10.0. The van der Waals surface area contributed by atoms with Crippen molar-refractivity contribution in [2.24, 2.45) is 0 Å². The van der Waals surface area contributed by atoms with E-state index in [0.29, 0.717) is 6.42 Å². The van der Waals surface area contributed by atoms with Crippen molar-refractivity contribution in [1.29, 1.82) is 0 Å². The van der Waals surface area contributed by atoms with E-state index >= 15 is 0 Å². The minimum Gasteiger partial charge on any atom is -0.352 e. The SMILES string of the molecule is O=C(CC[C@@H]1NC(=O)NC1=O)N[C@H]1CCCN(Cc2ccccc2)C1. The number of hydrogen-bond acceptors (Lipinski definition) is 4. The lowest BCUT2D eigenvalue weighted by Gasteiger charge is -2.33. The number of amides is 4. The number of carbonyl (C=O) groups excluding carboxylic acids is 3. The molecule has 7 nitrogen and oxygen atoms in total. The van der Waals surface area contributed by atoms with Gasteiger partial charge in [0.05, 0.1) is 0 Å². The molecule has 7 heteroatoms. The number of nitrogens with zero attached hydrogens (tertiary/aromatic N) is 1. The first kappa shape index (κ1) is 17.4. The highest BCUT2D eigenvalue weighted by Gasteiger charge is 2.30. The van der Waals surface area contributed by atoms with Crippen LogP contribution < -0.4 is 16.0 Å². The monoisotopic (exact) mass is 344 g/mol. The molecular weight excluding hydrogens is 320 g/mol. The summed E-state index contributed by atoms with van der Waals surface area (Å²) in [6.07, 6.45) is 2.58. The van der Waals surface area contributed by atoms with E-state index in [0.717, 1.165) is 32.5 Å². The number of carbonyl (C=O) groups is 3. The van der Waals surface area contributed by atoms with Crippen molar-refractivity contribution in [3.63, 3.8) is 0 Å². The summed E-state index contributed by atoms with van der Waals surface area (Å²) in [5.74, 6) is -0.426. The fourth-order valence-electron chi connectivity index (χ4n) is 3.40. The topological polar surface area (TPSA) is 90.5 Å². The molecule has 0 aliphatic carbocycles.